The van der Waals surface area contributed by atoms with E-state index in [1.165, 1.54) is 17.8 Å². The number of ether oxygens (including phenoxy) is 5. The number of hydrogen-bond donors (Lipinski definition) is 2. The summed E-state index contributed by atoms with van der Waals surface area (Å²) in [5, 5.41) is 20.0. The molecule has 1 unspecified atom stereocenters. The number of benzene rings is 1. The van der Waals surface area contributed by atoms with Gasteiger partial charge in [-0.25, -0.2) is 4.79 Å². The van der Waals surface area contributed by atoms with E-state index in [1.807, 2.05) is 0 Å². The fourth-order valence-electron chi connectivity index (χ4n) is 2.43. The number of methoxy groups -OCH3 is 1. The molecule has 1 atom stereocenters. The Kier molecular flexibility index (Phi) is 10.4. The summed E-state index contributed by atoms with van der Waals surface area (Å²) in [6.07, 6.45) is 0. The standard InChI is InChI=1S/C20H29NO8S/c1-20(19(23)24)14-30-18(21-20)16-4-3-15(13-17(16)22)29-12-11-28-10-9-27-8-7-26-6-5-25-2/h3-4,13,22H,5-12,14H2,1-2H3,(H,23,24). The summed E-state index contributed by atoms with van der Waals surface area (Å²) in [5.74, 6) is -0.161. The Morgan fingerprint density at radius 3 is 2.20 bits per heavy atom. The molecule has 0 bridgehead atoms. The van der Waals surface area contributed by atoms with Crippen LogP contribution >= 0.6 is 11.8 Å². The molecule has 0 saturated heterocycles. The number of rotatable bonds is 15. The SMILES string of the molecule is COCCOCCOCCOCCOc1ccc(C2=NC(C)(C(=O)O)CS2)c(O)c1. The number of carboxylic acid groups (broad SMARTS) is 1. The number of aliphatic carboxylic acids is 1. The zero-order valence-corrected chi connectivity index (χ0v) is 18.1. The van der Waals surface area contributed by atoms with E-state index in [0.717, 1.165) is 0 Å². The number of nitrogens with zero attached hydrogens (tertiary/aromatic N) is 1. The predicted molar refractivity (Wildman–Crippen MR) is 113 cm³/mol. The molecule has 1 heterocycles. The van der Waals surface area contributed by atoms with E-state index in [-0.39, 0.29) is 5.75 Å². The minimum atomic E-state index is -1.17. The Hall–Kier alpha value is -1.85. The first-order valence-electron chi connectivity index (χ1n) is 9.60. The molecule has 0 fully saturated rings. The van der Waals surface area contributed by atoms with Crippen LogP contribution in [0.4, 0.5) is 0 Å². The Labute approximate surface area is 180 Å². The van der Waals surface area contributed by atoms with Gasteiger partial charge < -0.3 is 33.9 Å². The molecule has 9 nitrogen and oxygen atoms in total. The van der Waals surface area contributed by atoms with E-state index in [2.05, 4.69) is 4.99 Å². The van der Waals surface area contributed by atoms with Crippen molar-refractivity contribution >= 4 is 22.8 Å². The van der Waals surface area contributed by atoms with Crippen LogP contribution in [0.2, 0.25) is 0 Å². The van der Waals surface area contributed by atoms with Crippen molar-refractivity contribution in [2.24, 2.45) is 4.99 Å². The van der Waals surface area contributed by atoms with Crippen molar-refractivity contribution < 1.29 is 38.7 Å². The van der Waals surface area contributed by atoms with Gasteiger partial charge in [-0.3, -0.25) is 4.99 Å². The van der Waals surface area contributed by atoms with Crippen molar-refractivity contribution in [1.82, 2.24) is 0 Å². The van der Waals surface area contributed by atoms with E-state index in [0.29, 0.717) is 75.0 Å². The summed E-state index contributed by atoms with van der Waals surface area (Å²) in [6, 6.07) is 4.87. The lowest BCUT2D eigenvalue weighted by Crippen LogP contribution is -2.33. The molecule has 0 saturated carbocycles. The zero-order chi connectivity index (χ0) is 21.8. The van der Waals surface area contributed by atoms with Crippen LogP contribution < -0.4 is 4.74 Å². The van der Waals surface area contributed by atoms with Gasteiger partial charge in [0.25, 0.3) is 0 Å². The first kappa shape index (κ1) is 24.4. The highest BCUT2D eigenvalue weighted by atomic mass is 32.2. The Balaban J connectivity index is 1.62. The van der Waals surface area contributed by atoms with Crippen molar-refractivity contribution in [3.05, 3.63) is 23.8 Å². The molecular formula is C20H29NO8S. The minimum Gasteiger partial charge on any atom is -0.507 e. The maximum absolute atomic E-state index is 11.3. The number of phenols is 1. The van der Waals surface area contributed by atoms with E-state index >= 15 is 0 Å². The van der Waals surface area contributed by atoms with Crippen molar-refractivity contribution in [2.75, 3.05) is 65.7 Å². The van der Waals surface area contributed by atoms with Crippen LogP contribution in [0, 0.1) is 0 Å². The number of aliphatic imine (C=N–C) groups is 1. The number of aromatic hydroxyl groups is 1. The van der Waals surface area contributed by atoms with Gasteiger partial charge >= 0.3 is 5.97 Å². The van der Waals surface area contributed by atoms with Crippen molar-refractivity contribution in [3.63, 3.8) is 0 Å². The minimum absolute atomic E-state index is 0.00424. The lowest BCUT2D eigenvalue weighted by atomic mass is 10.1. The number of phenolic OH excluding ortho intramolecular Hbond substituents is 1. The van der Waals surface area contributed by atoms with E-state index < -0.39 is 11.5 Å². The summed E-state index contributed by atoms with van der Waals surface area (Å²) in [4.78, 5) is 15.6. The summed E-state index contributed by atoms with van der Waals surface area (Å²) >= 11 is 1.31. The van der Waals surface area contributed by atoms with Crippen LogP contribution in [0.1, 0.15) is 12.5 Å². The van der Waals surface area contributed by atoms with Crippen LogP contribution in [-0.4, -0.2) is 92.5 Å². The molecule has 0 radical (unpaired) electrons. The molecule has 0 aromatic heterocycles. The topological polar surface area (TPSA) is 116 Å². The second kappa shape index (κ2) is 12.8. The molecule has 0 aliphatic carbocycles. The number of thioether (sulfide) groups is 1. The Bertz CT molecular complexity index is 714. The summed E-state index contributed by atoms with van der Waals surface area (Å²) in [7, 11) is 1.63. The summed E-state index contributed by atoms with van der Waals surface area (Å²) in [5.41, 5.74) is -0.670. The second-order valence-corrected chi connectivity index (χ2v) is 7.61. The Morgan fingerprint density at radius 2 is 1.67 bits per heavy atom. The molecule has 0 amide bonds. The molecule has 1 aromatic carbocycles. The molecule has 30 heavy (non-hydrogen) atoms. The van der Waals surface area contributed by atoms with Crippen LogP contribution in [0.25, 0.3) is 0 Å². The molecule has 2 rings (SSSR count). The molecule has 2 N–H and O–H groups in total. The van der Waals surface area contributed by atoms with Crippen LogP contribution in [0.15, 0.2) is 23.2 Å². The quantitative estimate of drug-likeness (QED) is 0.391. The maximum Gasteiger partial charge on any atom is 0.332 e. The van der Waals surface area contributed by atoms with E-state index in [1.54, 1.807) is 26.2 Å². The van der Waals surface area contributed by atoms with Crippen LogP contribution in [0.5, 0.6) is 11.5 Å². The van der Waals surface area contributed by atoms with Gasteiger partial charge in [0, 0.05) is 24.5 Å². The van der Waals surface area contributed by atoms with Crippen LogP contribution in [0.3, 0.4) is 0 Å². The van der Waals surface area contributed by atoms with Crippen molar-refractivity contribution in [1.29, 1.82) is 0 Å². The third kappa shape index (κ3) is 7.77. The molecule has 168 valence electrons. The summed E-state index contributed by atoms with van der Waals surface area (Å²) < 4.78 is 26.5. The highest BCUT2D eigenvalue weighted by molar-refractivity contribution is 8.14. The monoisotopic (exact) mass is 443 g/mol. The fourth-order valence-corrected chi connectivity index (χ4v) is 3.63. The highest BCUT2D eigenvalue weighted by Crippen LogP contribution is 2.35. The number of carboxylic acids is 1. The largest absolute Gasteiger partial charge is 0.507 e. The van der Waals surface area contributed by atoms with Crippen molar-refractivity contribution in [2.45, 2.75) is 12.5 Å². The first-order chi connectivity index (χ1) is 14.5. The fraction of sp³-hybridized carbons (Fsp3) is 0.600. The van der Waals surface area contributed by atoms with E-state index in [4.69, 9.17) is 23.7 Å². The Morgan fingerprint density at radius 1 is 1.07 bits per heavy atom. The van der Waals surface area contributed by atoms with Gasteiger partial charge in [-0.1, -0.05) is 0 Å². The number of carbonyl (C=O) groups is 1. The average Bonchev–Trinajstić information content (AvgIpc) is 3.12. The molecule has 1 aliphatic heterocycles. The third-order valence-corrected chi connectivity index (χ3v) is 5.46. The molecule has 0 spiro atoms. The maximum atomic E-state index is 11.3. The highest BCUT2D eigenvalue weighted by Gasteiger charge is 2.39. The zero-order valence-electron chi connectivity index (χ0n) is 17.3. The molecular weight excluding hydrogens is 414 g/mol. The van der Waals surface area contributed by atoms with Crippen LogP contribution in [-0.2, 0) is 23.7 Å². The van der Waals surface area contributed by atoms with Gasteiger partial charge in [-0.05, 0) is 19.1 Å². The normalized spacial score (nSPS) is 18.4. The van der Waals surface area contributed by atoms with Gasteiger partial charge in [0.15, 0.2) is 5.54 Å². The lowest BCUT2D eigenvalue weighted by molar-refractivity contribution is -0.141. The van der Waals surface area contributed by atoms with Gasteiger partial charge in [0.05, 0.1) is 46.2 Å². The second-order valence-electron chi connectivity index (χ2n) is 6.64. The predicted octanol–water partition coefficient (Wildman–Crippen LogP) is 1.80. The smallest absolute Gasteiger partial charge is 0.332 e. The van der Waals surface area contributed by atoms with Gasteiger partial charge in [0.2, 0.25) is 0 Å². The average molecular weight is 444 g/mol. The van der Waals surface area contributed by atoms with Gasteiger partial charge in [-0.2, -0.15) is 0 Å². The molecule has 10 heteroatoms. The summed E-state index contributed by atoms with van der Waals surface area (Å²) in [6.45, 7) is 5.34. The first-order valence-corrected chi connectivity index (χ1v) is 10.6. The third-order valence-electron chi connectivity index (χ3n) is 4.17. The number of hydrogen-bond acceptors (Lipinski definition) is 9. The van der Waals surface area contributed by atoms with Gasteiger partial charge in [0.1, 0.15) is 23.1 Å². The van der Waals surface area contributed by atoms with Crippen molar-refractivity contribution in [3.8, 4) is 11.5 Å². The molecule has 1 aromatic rings. The van der Waals surface area contributed by atoms with E-state index in [9.17, 15) is 15.0 Å². The van der Waals surface area contributed by atoms with Gasteiger partial charge in [-0.15, -0.1) is 11.8 Å². The molecule has 1 aliphatic rings. The lowest BCUT2D eigenvalue weighted by Gasteiger charge is -2.12.